The summed E-state index contributed by atoms with van der Waals surface area (Å²) in [6, 6.07) is 4.22. The average Bonchev–Trinajstić information content (AvgIpc) is 2.28. The number of aromatic nitrogens is 1. The first-order chi connectivity index (χ1) is 8.00. The summed E-state index contributed by atoms with van der Waals surface area (Å²) in [6.07, 6.45) is 2.91. The first-order valence-electron chi connectivity index (χ1n) is 4.66. The number of hydrogen-bond acceptors (Lipinski definition) is 5. The van der Waals surface area contributed by atoms with Gasteiger partial charge in [-0.15, -0.1) is 0 Å². The standard InChI is InChI=1S/C10H9N3O3S/c1-17(16)9-5-12-8-3-2-6(13(14)15)4-7(8)10(9)11/h2-5H,1H3,(H2,11,12). The van der Waals surface area contributed by atoms with Crippen molar-refractivity contribution >= 4 is 33.1 Å². The van der Waals surface area contributed by atoms with Crippen molar-refractivity contribution in [2.75, 3.05) is 12.0 Å². The van der Waals surface area contributed by atoms with Gasteiger partial charge >= 0.3 is 0 Å². The van der Waals surface area contributed by atoms with Gasteiger partial charge in [-0.3, -0.25) is 19.3 Å². The Balaban J connectivity index is 2.78. The van der Waals surface area contributed by atoms with E-state index < -0.39 is 15.7 Å². The predicted molar refractivity (Wildman–Crippen MR) is 65.1 cm³/mol. The minimum Gasteiger partial charge on any atom is -0.397 e. The summed E-state index contributed by atoms with van der Waals surface area (Å²) in [5.41, 5.74) is 6.59. The van der Waals surface area contributed by atoms with Crippen molar-refractivity contribution in [2.24, 2.45) is 0 Å². The fraction of sp³-hybridized carbons (Fsp3) is 0.100. The first-order valence-corrected chi connectivity index (χ1v) is 6.22. The monoisotopic (exact) mass is 251 g/mol. The molecule has 0 amide bonds. The molecule has 1 atom stereocenters. The van der Waals surface area contributed by atoms with E-state index in [1.807, 2.05) is 0 Å². The minimum absolute atomic E-state index is 0.0648. The van der Waals surface area contributed by atoms with Crippen LogP contribution in [0.3, 0.4) is 0 Å². The van der Waals surface area contributed by atoms with Gasteiger partial charge in [0.05, 0.1) is 31.8 Å². The Kier molecular flexibility index (Phi) is 2.76. The lowest BCUT2D eigenvalue weighted by Crippen LogP contribution is -1.99. The Labute approximate surface area is 99.1 Å². The minimum atomic E-state index is -1.27. The van der Waals surface area contributed by atoms with Gasteiger partial charge in [0.15, 0.2) is 0 Å². The van der Waals surface area contributed by atoms with Gasteiger partial charge in [-0.25, -0.2) is 0 Å². The Morgan fingerprint density at radius 3 is 2.76 bits per heavy atom. The molecule has 17 heavy (non-hydrogen) atoms. The van der Waals surface area contributed by atoms with Gasteiger partial charge in [-0.05, 0) is 6.07 Å². The van der Waals surface area contributed by atoms with E-state index in [2.05, 4.69) is 4.98 Å². The van der Waals surface area contributed by atoms with E-state index in [1.165, 1.54) is 30.7 Å². The summed E-state index contributed by atoms with van der Waals surface area (Å²) < 4.78 is 11.4. The van der Waals surface area contributed by atoms with Gasteiger partial charge in [-0.1, -0.05) is 0 Å². The van der Waals surface area contributed by atoms with Crippen LogP contribution < -0.4 is 5.73 Å². The molecule has 6 nitrogen and oxygen atoms in total. The third-order valence-corrected chi connectivity index (χ3v) is 3.32. The summed E-state index contributed by atoms with van der Waals surface area (Å²) in [6.45, 7) is 0. The maximum atomic E-state index is 11.4. The van der Waals surface area contributed by atoms with Crippen molar-refractivity contribution in [3.63, 3.8) is 0 Å². The molecular weight excluding hydrogens is 242 g/mol. The highest BCUT2D eigenvalue weighted by Gasteiger charge is 2.12. The molecule has 2 N–H and O–H groups in total. The number of non-ortho nitro benzene ring substituents is 1. The molecule has 0 fully saturated rings. The average molecular weight is 251 g/mol. The van der Waals surface area contributed by atoms with Crippen molar-refractivity contribution in [2.45, 2.75) is 4.90 Å². The van der Waals surface area contributed by atoms with Crippen molar-refractivity contribution in [3.8, 4) is 0 Å². The summed E-state index contributed by atoms with van der Waals surface area (Å²) in [5.74, 6) is 0. The van der Waals surface area contributed by atoms with E-state index in [4.69, 9.17) is 5.73 Å². The predicted octanol–water partition coefficient (Wildman–Crippen LogP) is 1.46. The molecule has 0 saturated heterocycles. The molecular formula is C10H9N3O3S. The van der Waals surface area contributed by atoms with Crippen LogP contribution >= 0.6 is 0 Å². The maximum absolute atomic E-state index is 11.4. The Morgan fingerprint density at radius 1 is 1.47 bits per heavy atom. The van der Waals surface area contributed by atoms with Crippen molar-refractivity contribution in [1.82, 2.24) is 4.98 Å². The van der Waals surface area contributed by atoms with Gasteiger partial charge in [0, 0.05) is 30.0 Å². The number of nitrogens with zero attached hydrogens (tertiary/aromatic N) is 2. The van der Waals surface area contributed by atoms with Crippen molar-refractivity contribution in [3.05, 3.63) is 34.5 Å². The second kappa shape index (κ2) is 4.10. The lowest BCUT2D eigenvalue weighted by atomic mass is 10.2. The zero-order valence-corrected chi connectivity index (χ0v) is 9.73. The van der Waals surface area contributed by atoms with E-state index in [-0.39, 0.29) is 11.4 Å². The third kappa shape index (κ3) is 1.96. The van der Waals surface area contributed by atoms with E-state index in [0.29, 0.717) is 15.8 Å². The van der Waals surface area contributed by atoms with Gasteiger partial charge < -0.3 is 5.73 Å². The van der Waals surface area contributed by atoms with Crippen molar-refractivity contribution in [1.29, 1.82) is 0 Å². The lowest BCUT2D eigenvalue weighted by Gasteiger charge is -2.05. The van der Waals surface area contributed by atoms with Crippen LogP contribution in [0, 0.1) is 10.1 Å². The van der Waals surface area contributed by atoms with E-state index >= 15 is 0 Å². The molecule has 7 heteroatoms. The van der Waals surface area contributed by atoms with Crippen molar-refractivity contribution < 1.29 is 9.13 Å². The highest BCUT2D eigenvalue weighted by molar-refractivity contribution is 7.84. The Bertz CT molecular complexity index is 637. The molecule has 0 saturated carbocycles. The Morgan fingerprint density at radius 2 is 2.18 bits per heavy atom. The largest absolute Gasteiger partial charge is 0.397 e. The number of pyridine rings is 1. The first kappa shape index (κ1) is 11.5. The molecule has 2 rings (SSSR count). The maximum Gasteiger partial charge on any atom is 0.270 e. The third-order valence-electron chi connectivity index (χ3n) is 2.38. The van der Waals surface area contributed by atoms with Crippen LogP contribution in [0.1, 0.15) is 0 Å². The second-order valence-electron chi connectivity index (χ2n) is 3.45. The van der Waals surface area contributed by atoms with E-state index in [9.17, 15) is 14.3 Å². The topological polar surface area (TPSA) is 99.1 Å². The van der Waals surface area contributed by atoms with Crippen LogP contribution in [0.15, 0.2) is 29.3 Å². The molecule has 88 valence electrons. The number of fused-ring (bicyclic) bond motifs is 1. The molecule has 2 aromatic rings. The normalized spacial score (nSPS) is 12.5. The van der Waals surface area contributed by atoms with Crippen LogP contribution in [-0.2, 0) is 10.8 Å². The molecule has 0 aliphatic heterocycles. The summed E-state index contributed by atoms with van der Waals surface area (Å²) >= 11 is 0. The molecule has 0 aliphatic carbocycles. The van der Waals surface area contributed by atoms with Crippen LogP contribution in [0.2, 0.25) is 0 Å². The number of anilines is 1. The number of hydrogen-bond donors (Lipinski definition) is 1. The molecule has 0 spiro atoms. The van der Waals surface area contributed by atoms with Gasteiger partial charge in [0.1, 0.15) is 0 Å². The fourth-order valence-electron chi connectivity index (χ4n) is 1.53. The number of nitro benzene ring substituents is 1. The molecule has 0 radical (unpaired) electrons. The SMILES string of the molecule is CS(=O)c1cnc2ccc([N+](=O)[O-])cc2c1N. The molecule has 0 aliphatic rings. The smallest absolute Gasteiger partial charge is 0.270 e. The van der Waals surface area contributed by atoms with E-state index in [1.54, 1.807) is 0 Å². The summed E-state index contributed by atoms with van der Waals surface area (Å²) in [5, 5.41) is 11.1. The fourth-order valence-corrected chi connectivity index (χ4v) is 2.15. The lowest BCUT2D eigenvalue weighted by molar-refractivity contribution is -0.384. The number of rotatable bonds is 2. The number of nitro groups is 1. The summed E-state index contributed by atoms with van der Waals surface area (Å²) in [4.78, 5) is 14.6. The number of nitrogens with two attached hydrogens (primary N) is 1. The van der Waals surface area contributed by atoms with Crippen LogP contribution in [-0.4, -0.2) is 20.4 Å². The number of benzene rings is 1. The zero-order chi connectivity index (χ0) is 12.6. The number of nitrogen functional groups attached to an aromatic ring is 1. The molecule has 1 heterocycles. The van der Waals surface area contributed by atoms with E-state index in [0.717, 1.165) is 0 Å². The molecule has 1 aromatic carbocycles. The second-order valence-corrected chi connectivity index (χ2v) is 4.80. The highest BCUT2D eigenvalue weighted by atomic mass is 32.2. The van der Waals surface area contributed by atoms with Gasteiger partial charge in [0.25, 0.3) is 5.69 Å². The Hall–Kier alpha value is -2.02. The van der Waals surface area contributed by atoms with Gasteiger partial charge in [-0.2, -0.15) is 0 Å². The molecule has 1 aromatic heterocycles. The van der Waals surface area contributed by atoms with Gasteiger partial charge in [0.2, 0.25) is 0 Å². The molecule has 0 bridgehead atoms. The van der Waals surface area contributed by atoms with Crippen LogP contribution in [0.25, 0.3) is 10.9 Å². The highest BCUT2D eigenvalue weighted by Crippen LogP contribution is 2.28. The summed E-state index contributed by atoms with van der Waals surface area (Å²) in [7, 11) is -1.27. The quantitative estimate of drug-likeness (QED) is 0.643. The van der Waals surface area contributed by atoms with Crippen LogP contribution in [0.4, 0.5) is 11.4 Å². The van der Waals surface area contributed by atoms with Crippen LogP contribution in [0.5, 0.6) is 0 Å². The molecule has 1 unspecified atom stereocenters. The zero-order valence-electron chi connectivity index (χ0n) is 8.91.